The lowest BCUT2D eigenvalue weighted by atomic mass is 10.2. The summed E-state index contributed by atoms with van der Waals surface area (Å²) < 4.78 is 5.07. The summed E-state index contributed by atoms with van der Waals surface area (Å²) in [5, 5.41) is 0. The van der Waals surface area contributed by atoms with Crippen LogP contribution in [0, 0.1) is 6.92 Å². The fraction of sp³-hybridized carbons (Fsp3) is 0.500. The number of ether oxygens (including phenoxy) is 1. The maximum Gasteiger partial charge on any atom is 0.422 e. The molecule has 1 rings (SSSR count). The Kier molecular flexibility index (Phi) is 4.45. The molecule has 1 aromatic rings. The summed E-state index contributed by atoms with van der Waals surface area (Å²) in [4.78, 5) is 15.4. The van der Waals surface area contributed by atoms with Crippen molar-refractivity contribution in [2.24, 2.45) is 0 Å². The van der Waals surface area contributed by atoms with Gasteiger partial charge in [-0.15, -0.1) is 0 Å². The summed E-state index contributed by atoms with van der Waals surface area (Å²) in [6.45, 7) is 7.88. The van der Waals surface area contributed by atoms with E-state index >= 15 is 0 Å². The number of rotatable bonds is 3. The van der Waals surface area contributed by atoms with Crippen molar-refractivity contribution in [3.05, 3.63) is 29.6 Å². The van der Waals surface area contributed by atoms with Crippen LogP contribution in [0.15, 0.2) is 18.3 Å². The molecule has 0 saturated heterocycles. The van der Waals surface area contributed by atoms with E-state index in [4.69, 9.17) is 4.74 Å². The fourth-order valence-electron chi connectivity index (χ4n) is 1.13. The lowest BCUT2D eigenvalue weighted by Crippen LogP contribution is -2.40. The Labute approximate surface area is 102 Å². The molecule has 1 aromatic heterocycles. The number of nitrogens with zero attached hydrogens (tertiary/aromatic N) is 1. The van der Waals surface area contributed by atoms with Crippen molar-refractivity contribution in [1.82, 2.24) is 15.8 Å². The summed E-state index contributed by atoms with van der Waals surface area (Å²) in [5.41, 5.74) is 6.71. The molecule has 2 N–H and O–H groups in total. The Morgan fingerprint density at radius 2 is 2.12 bits per heavy atom. The Bertz CT molecular complexity index is 368. The highest BCUT2D eigenvalue weighted by Crippen LogP contribution is 2.06. The van der Waals surface area contributed by atoms with Gasteiger partial charge in [0.1, 0.15) is 5.60 Å². The molecule has 0 bridgehead atoms. The van der Waals surface area contributed by atoms with Crippen LogP contribution in [0.5, 0.6) is 0 Å². The number of carbonyl (C=O) groups is 1. The van der Waals surface area contributed by atoms with Gasteiger partial charge in [-0.25, -0.2) is 10.2 Å². The Morgan fingerprint density at radius 1 is 1.41 bits per heavy atom. The summed E-state index contributed by atoms with van der Waals surface area (Å²) >= 11 is 0. The number of pyridine rings is 1. The van der Waals surface area contributed by atoms with E-state index in [1.807, 2.05) is 39.8 Å². The minimum Gasteiger partial charge on any atom is -0.443 e. The third kappa shape index (κ3) is 5.87. The molecule has 1 amide bonds. The first-order valence-corrected chi connectivity index (χ1v) is 5.50. The highest BCUT2D eigenvalue weighted by molar-refractivity contribution is 5.66. The molecule has 0 fully saturated rings. The molecule has 0 aliphatic rings. The molecule has 0 spiro atoms. The first-order valence-electron chi connectivity index (χ1n) is 5.50. The zero-order valence-corrected chi connectivity index (χ0v) is 10.7. The molecule has 0 saturated carbocycles. The van der Waals surface area contributed by atoms with Crippen LogP contribution in [0.1, 0.15) is 32.0 Å². The van der Waals surface area contributed by atoms with Crippen molar-refractivity contribution < 1.29 is 9.53 Å². The highest BCUT2D eigenvalue weighted by Gasteiger charge is 2.15. The molecule has 1 heterocycles. The maximum absolute atomic E-state index is 11.3. The SMILES string of the molecule is Cc1ccc(CNNC(=O)OC(C)(C)C)cn1. The zero-order chi connectivity index (χ0) is 12.9. The van der Waals surface area contributed by atoms with Gasteiger partial charge in [0.15, 0.2) is 0 Å². The number of amides is 1. The number of nitrogens with one attached hydrogen (secondary N) is 2. The van der Waals surface area contributed by atoms with Gasteiger partial charge in [-0.05, 0) is 39.3 Å². The van der Waals surface area contributed by atoms with Gasteiger partial charge in [0, 0.05) is 18.4 Å². The zero-order valence-electron chi connectivity index (χ0n) is 10.7. The summed E-state index contributed by atoms with van der Waals surface area (Å²) in [5.74, 6) is 0. The lowest BCUT2D eigenvalue weighted by Gasteiger charge is -2.19. The molecular weight excluding hydrogens is 218 g/mol. The van der Waals surface area contributed by atoms with Gasteiger partial charge in [0.05, 0.1) is 0 Å². The Hall–Kier alpha value is -1.62. The number of hydrazine groups is 1. The topological polar surface area (TPSA) is 63.2 Å². The molecule has 94 valence electrons. The van der Waals surface area contributed by atoms with Gasteiger partial charge in [-0.2, -0.15) is 0 Å². The second-order valence-corrected chi connectivity index (χ2v) is 4.79. The summed E-state index contributed by atoms with van der Waals surface area (Å²) in [6, 6.07) is 3.87. The number of hydrogen-bond donors (Lipinski definition) is 2. The summed E-state index contributed by atoms with van der Waals surface area (Å²) in [7, 11) is 0. The second-order valence-electron chi connectivity index (χ2n) is 4.79. The molecule has 5 nitrogen and oxygen atoms in total. The van der Waals surface area contributed by atoms with Crippen molar-refractivity contribution in [2.45, 2.75) is 39.8 Å². The second kappa shape index (κ2) is 5.63. The van der Waals surface area contributed by atoms with Gasteiger partial charge >= 0.3 is 6.09 Å². The number of hydrogen-bond acceptors (Lipinski definition) is 4. The minimum atomic E-state index is -0.489. The molecular formula is C12H19N3O2. The van der Waals surface area contributed by atoms with Crippen molar-refractivity contribution in [1.29, 1.82) is 0 Å². The quantitative estimate of drug-likeness (QED) is 0.788. The third-order valence-electron chi connectivity index (χ3n) is 1.85. The monoisotopic (exact) mass is 237 g/mol. The van der Waals surface area contributed by atoms with Gasteiger partial charge in [0.25, 0.3) is 0 Å². The number of aromatic nitrogens is 1. The van der Waals surface area contributed by atoms with E-state index in [2.05, 4.69) is 15.8 Å². The van der Waals surface area contributed by atoms with E-state index in [1.165, 1.54) is 0 Å². The van der Waals surface area contributed by atoms with Gasteiger partial charge < -0.3 is 4.74 Å². The number of aryl methyl sites for hydroxylation is 1. The fourth-order valence-corrected chi connectivity index (χ4v) is 1.13. The average molecular weight is 237 g/mol. The Morgan fingerprint density at radius 3 is 2.65 bits per heavy atom. The van der Waals surface area contributed by atoms with E-state index in [9.17, 15) is 4.79 Å². The molecule has 0 aliphatic carbocycles. The Balaban J connectivity index is 2.28. The molecule has 17 heavy (non-hydrogen) atoms. The first-order chi connectivity index (χ1) is 7.87. The van der Waals surface area contributed by atoms with E-state index in [0.29, 0.717) is 6.54 Å². The molecule has 0 radical (unpaired) electrons. The van der Waals surface area contributed by atoms with Crippen LogP contribution >= 0.6 is 0 Å². The van der Waals surface area contributed by atoms with Crippen LogP contribution in [0.3, 0.4) is 0 Å². The van der Waals surface area contributed by atoms with Gasteiger partial charge in [0.2, 0.25) is 0 Å². The standard InChI is InChI=1S/C12H19N3O2/c1-9-5-6-10(7-13-9)8-14-15-11(16)17-12(2,3)4/h5-7,14H,8H2,1-4H3,(H,15,16). The van der Waals surface area contributed by atoms with E-state index in [1.54, 1.807) is 6.20 Å². The van der Waals surface area contributed by atoms with Gasteiger partial charge in [-0.1, -0.05) is 6.07 Å². The van der Waals surface area contributed by atoms with E-state index in [0.717, 1.165) is 11.3 Å². The van der Waals surface area contributed by atoms with Crippen molar-refractivity contribution in [2.75, 3.05) is 0 Å². The normalized spacial score (nSPS) is 11.1. The highest BCUT2D eigenvalue weighted by atomic mass is 16.6. The van der Waals surface area contributed by atoms with Crippen molar-refractivity contribution in [3.63, 3.8) is 0 Å². The van der Waals surface area contributed by atoms with Crippen molar-refractivity contribution >= 4 is 6.09 Å². The predicted molar refractivity (Wildman–Crippen MR) is 65.2 cm³/mol. The number of carbonyl (C=O) groups excluding carboxylic acids is 1. The minimum absolute atomic E-state index is 0.488. The summed E-state index contributed by atoms with van der Waals surface area (Å²) in [6.07, 6.45) is 1.27. The van der Waals surface area contributed by atoms with Crippen LogP contribution in [-0.4, -0.2) is 16.7 Å². The molecule has 0 aromatic carbocycles. The predicted octanol–water partition coefficient (Wildman–Crippen LogP) is 1.92. The van der Waals surface area contributed by atoms with Crippen LogP contribution in [0.4, 0.5) is 4.79 Å². The van der Waals surface area contributed by atoms with Crippen LogP contribution < -0.4 is 10.9 Å². The third-order valence-corrected chi connectivity index (χ3v) is 1.85. The largest absolute Gasteiger partial charge is 0.443 e. The van der Waals surface area contributed by atoms with Crippen LogP contribution in [0.2, 0.25) is 0 Å². The maximum atomic E-state index is 11.3. The van der Waals surface area contributed by atoms with E-state index < -0.39 is 11.7 Å². The first kappa shape index (κ1) is 13.4. The molecule has 0 aliphatic heterocycles. The van der Waals surface area contributed by atoms with Gasteiger partial charge in [-0.3, -0.25) is 10.4 Å². The average Bonchev–Trinajstić information content (AvgIpc) is 2.18. The molecule has 5 heteroatoms. The molecule has 0 atom stereocenters. The van der Waals surface area contributed by atoms with E-state index in [-0.39, 0.29) is 0 Å². The van der Waals surface area contributed by atoms with Crippen LogP contribution in [-0.2, 0) is 11.3 Å². The lowest BCUT2D eigenvalue weighted by molar-refractivity contribution is 0.0497. The van der Waals surface area contributed by atoms with Crippen molar-refractivity contribution in [3.8, 4) is 0 Å². The molecule has 0 unspecified atom stereocenters. The smallest absolute Gasteiger partial charge is 0.422 e. The van der Waals surface area contributed by atoms with Crippen LogP contribution in [0.25, 0.3) is 0 Å².